The predicted molar refractivity (Wildman–Crippen MR) is 74.9 cm³/mol. The van der Waals surface area contributed by atoms with Crippen molar-refractivity contribution in [2.24, 2.45) is 11.7 Å². The Morgan fingerprint density at radius 1 is 1.33 bits per heavy atom. The minimum atomic E-state index is -0.464. The summed E-state index contributed by atoms with van der Waals surface area (Å²) in [6.45, 7) is 5.57. The second-order valence-electron chi connectivity index (χ2n) is 5.21. The summed E-state index contributed by atoms with van der Waals surface area (Å²) in [5, 5.41) is 0. The molecule has 0 fully saturated rings. The van der Waals surface area contributed by atoms with E-state index in [1.165, 1.54) is 0 Å². The number of anilines is 2. The molecule has 1 amide bonds. The lowest BCUT2D eigenvalue weighted by Gasteiger charge is -2.26. The normalized spacial score (nSPS) is 21.2. The van der Waals surface area contributed by atoms with Crippen LogP contribution in [0.2, 0.25) is 0 Å². The third kappa shape index (κ3) is 2.34. The third-order valence-corrected chi connectivity index (χ3v) is 3.32. The van der Waals surface area contributed by atoms with E-state index in [4.69, 9.17) is 5.73 Å². The number of amides is 1. The van der Waals surface area contributed by atoms with Crippen molar-refractivity contribution in [3.8, 4) is 0 Å². The van der Waals surface area contributed by atoms with E-state index in [0.29, 0.717) is 5.92 Å². The highest BCUT2D eigenvalue weighted by Gasteiger charge is 2.27. The van der Waals surface area contributed by atoms with E-state index in [2.05, 4.69) is 24.9 Å². The molecule has 1 aromatic carbocycles. The SMILES string of the molecule is C[C@@H]1CN(C)c2ccccc2N(C(=O)[C@@H](C)N)C1. The van der Waals surface area contributed by atoms with Gasteiger partial charge in [-0.3, -0.25) is 4.79 Å². The molecule has 1 aliphatic heterocycles. The van der Waals surface area contributed by atoms with Gasteiger partial charge in [-0.1, -0.05) is 19.1 Å². The maximum absolute atomic E-state index is 12.2. The van der Waals surface area contributed by atoms with Gasteiger partial charge in [0, 0.05) is 20.1 Å². The Bertz CT molecular complexity index is 444. The number of carbonyl (C=O) groups is 1. The summed E-state index contributed by atoms with van der Waals surface area (Å²) in [7, 11) is 2.06. The molecule has 2 atom stereocenters. The van der Waals surface area contributed by atoms with E-state index in [-0.39, 0.29) is 5.91 Å². The molecule has 0 saturated carbocycles. The van der Waals surface area contributed by atoms with E-state index >= 15 is 0 Å². The molecule has 0 saturated heterocycles. The molecule has 4 nitrogen and oxygen atoms in total. The largest absolute Gasteiger partial charge is 0.373 e. The van der Waals surface area contributed by atoms with Crippen molar-refractivity contribution in [3.63, 3.8) is 0 Å². The molecule has 1 aliphatic rings. The highest BCUT2D eigenvalue weighted by atomic mass is 16.2. The van der Waals surface area contributed by atoms with Crippen LogP contribution in [0.15, 0.2) is 24.3 Å². The summed E-state index contributed by atoms with van der Waals surface area (Å²) in [4.78, 5) is 16.3. The van der Waals surface area contributed by atoms with Crippen LogP contribution in [-0.4, -0.2) is 32.1 Å². The summed E-state index contributed by atoms with van der Waals surface area (Å²) in [6.07, 6.45) is 0. The number of rotatable bonds is 1. The molecular formula is C14H21N3O. The zero-order chi connectivity index (χ0) is 13.3. The predicted octanol–water partition coefficient (Wildman–Crippen LogP) is 1.45. The first kappa shape index (κ1) is 12.9. The van der Waals surface area contributed by atoms with Gasteiger partial charge in [0.2, 0.25) is 5.91 Å². The van der Waals surface area contributed by atoms with Crippen LogP contribution in [0.1, 0.15) is 13.8 Å². The average Bonchev–Trinajstić information content (AvgIpc) is 2.46. The van der Waals surface area contributed by atoms with Gasteiger partial charge >= 0.3 is 0 Å². The van der Waals surface area contributed by atoms with Crippen LogP contribution in [0.5, 0.6) is 0 Å². The van der Waals surface area contributed by atoms with Crippen molar-refractivity contribution >= 4 is 17.3 Å². The highest BCUT2D eigenvalue weighted by molar-refractivity contribution is 6.00. The van der Waals surface area contributed by atoms with E-state index < -0.39 is 6.04 Å². The van der Waals surface area contributed by atoms with Crippen LogP contribution < -0.4 is 15.5 Å². The van der Waals surface area contributed by atoms with Gasteiger partial charge in [-0.2, -0.15) is 0 Å². The number of benzene rings is 1. The van der Waals surface area contributed by atoms with Crippen LogP contribution in [0, 0.1) is 5.92 Å². The molecule has 4 heteroatoms. The first-order valence-corrected chi connectivity index (χ1v) is 6.38. The van der Waals surface area contributed by atoms with Gasteiger partial charge in [0.1, 0.15) is 0 Å². The van der Waals surface area contributed by atoms with Gasteiger partial charge in [-0.15, -0.1) is 0 Å². The van der Waals surface area contributed by atoms with Crippen LogP contribution in [0.4, 0.5) is 11.4 Å². The highest BCUT2D eigenvalue weighted by Crippen LogP contribution is 2.32. The number of nitrogens with zero attached hydrogens (tertiary/aromatic N) is 2. The third-order valence-electron chi connectivity index (χ3n) is 3.32. The van der Waals surface area contributed by atoms with Gasteiger partial charge in [0.05, 0.1) is 17.4 Å². The molecule has 0 radical (unpaired) electrons. The fourth-order valence-electron chi connectivity index (χ4n) is 2.50. The Morgan fingerprint density at radius 2 is 1.94 bits per heavy atom. The standard InChI is InChI=1S/C14H21N3O/c1-10-8-16(3)12-6-4-5-7-13(12)17(9-10)14(18)11(2)15/h4-7,10-11H,8-9,15H2,1-3H3/t10-,11-/m1/s1. The molecule has 1 aromatic rings. The first-order chi connectivity index (χ1) is 8.50. The first-order valence-electron chi connectivity index (χ1n) is 6.38. The summed E-state index contributed by atoms with van der Waals surface area (Å²) in [6, 6.07) is 7.54. The molecule has 1 heterocycles. The Hall–Kier alpha value is -1.55. The van der Waals surface area contributed by atoms with E-state index in [1.807, 2.05) is 23.1 Å². The lowest BCUT2D eigenvalue weighted by molar-refractivity contribution is -0.119. The summed E-state index contributed by atoms with van der Waals surface area (Å²) >= 11 is 0. The van der Waals surface area contributed by atoms with E-state index in [0.717, 1.165) is 24.5 Å². The van der Waals surface area contributed by atoms with Gasteiger partial charge in [-0.05, 0) is 25.0 Å². The van der Waals surface area contributed by atoms with Crippen molar-refractivity contribution in [2.45, 2.75) is 19.9 Å². The Labute approximate surface area is 108 Å². The fourth-order valence-corrected chi connectivity index (χ4v) is 2.50. The summed E-state index contributed by atoms with van der Waals surface area (Å²) < 4.78 is 0. The van der Waals surface area contributed by atoms with E-state index in [9.17, 15) is 4.79 Å². The Kier molecular flexibility index (Phi) is 3.57. The molecular weight excluding hydrogens is 226 g/mol. The lowest BCUT2D eigenvalue weighted by Crippen LogP contribution is -2.44. The summed E-state index contributed by atoms with van der Waals surface area (Å²) in [5.41, 5.74) is 7.81. The number of fused-ring (bicyclic) bond motifs is 1. The molecule has 2 rings (SSSR count). The van der Waals surface area contributed by atoms with Crippen molar-refractivity contribution in [3.05, 3.63) is 24.3 Å². The molecule has 0 spiro atoms. The number of hydrogen-bond donors (Lipinski definition) is 1. The maximum Gasteiger partial charge on any atom is 0.243 e. The number of para-hydroxylation sites is 2. The quantitative estimate of drug-likeness (QED) is 0.817. The second kappa shape index (κ2) is 4.98. The molecule has 18 heavy (non-hydrogen) atoms. The molecule has 0 aromatic heterocycles. The van der Waals surface area contributed by atoms with Gasteiger partial charge in [0.15, 0.2) is 0 Å². The number of hydrogen-bond acceptors (Lipinski definition) is 3. The second-order valence-corrected chi connectivity index (χ2v) is 5.21. The van der Waals surface area contributed by atoms with Crippen LogP contribution in [-0.2, 0) is 4.79 Å². The minimum absolute atomic E-state index is 0.00963. The molecule has 2 N–H and O–H groups in total. The van der Waals surface area contributed by atoms with Crippen molar-refractivity contribution in [2.75, 3.05) is 29.9 Å². The minimum Gasteiger partial charge on any atom is -0.373 e. The monoisotopic (exact) mass is 247 g/mol. The average molecular weight is 247 g/mol. The number of nitrogens with two attached hydrogens (primary N) is 1. The van der Waals surface area contributed by atoms with Crippen molar-refractivity contribution < 1.29 is 4.79 Å². The zero-order valence-corrected chi connectivity index (χ0v) is 11.3. The molecule has 98 valence electrons. The fraction of sp³-hybridized carbons (Fsp3) is 0.500. The smallest absolute Gasteiger partial charge is 0.243 e. The van der Waals surface area contributed by atoms with Crippen LogP contribution in [0.3, 0.4) is 0 Å². The molecule has 0 unspecified atom stereocenters. The molecule has 0 bridgehead atoms. The number of carbonyl (C=O) groups excluding carboxylic acids is 1. The summed E-state index contributed by atoms with van der Waals surface area (Å²) in [5.74, 6) is 0.412. The van der Waals surface area contributed by atoms with Crippen molar-refractivity contribution in [1.29, 1.82) is 0 Å². The lowest BCUT2D eigenvalue weighted by atomic mass is 10.1. The van der Waals surface area contributed by atoms with Gasteiger partial charge < -0.3 is 15.5 Å². The zero-order valence-electron chi connectivity index (χ0n) is 11.3. The van der Waals surface area contributed by atoms with Gasteiger partial charge in [0.25, 0.3) is 0 Å². The van der Waals surface area contributed by atoms with E-state index in [1.54, 1.807) is 6.92 Å². The maximum atomic E-state index is 12.2. The Morgan fingerprint density at radius 3 is 2.56 bits per heavy atom. The molecule has 0 aliphatic carbocycles. The van der Waals surface area contributed by atoms with Crippen molar-refractivity contribution in [1.82, 2.24) is 0 Å². The Balaban J connectivity index is 2.45. The van der Waals surface area contributed by atoms with Gasteiger partial charge in [-0.25, -0.2) is 0 Å². The topological polar surface area (TPSA) is 49.6 Å². The van der Waals surface area contributed by atoms with Crippen LogP contribution >= 0.6 is 0 Å². The van der Waals surface area contributed by atoms with Crippen LogP contribution in [0.25, 0.3) is 0 Å².